The Labute approximate surface area is 161 Å². The molecule has 0 aliphatic rings. The summed E-state index contributed by atoms with van der Waals surface area (Å²) in [5.41, 5.74) is 1.30. The molecule has 0 saturated heterocycles. The van der Waals surface area contributed by atoms with Gasteiger partial charge in [0.2, 0.25) is 4.77 Å². The van der Waals surface area contributed by atoms with Gasteiger partial charge in [0, 0.05) is 11.1 Å². The van der Waals surface area contributed by atoms with Gasteiger partial charge in [-0.05, 0) is 50.3 Å². The summed E-state index contributed by atoms with van der Waals surface area (Å²) in [5.74, 6) is 1.64. The molecule has 0 fully saturated rings. The molecule has 0 spiro atoms. The number of hydrogen-bond donors (Lipinski definition) is 2. The van der Waals surface area contributed by atoms with Crippen molar-refractivity contribution in [1.82, 2.24) is 14.9 Å². The molecular formula is C19H20N4O3S. The molecule has 0 unspecified atom stereocenters. The molecule has 7 nitrogen and oxygen atoms in total. The summed E-state index contributed by atoms with van der Waals surface area (Å²) >= 11 is 5.29. The van der Waals surface area contributed by atoms with Gasteiger partial charge in [0.15, 0.2) is 17.3 Å². The van der Waals surface area contributed by atoms with Crippen molar-refractivity contribution in [2.75, 3.05) is 7.11 Å². The summed E-state index contributed by atoms with van der Waals surface area (Å²) in [5, 5.41) is 21.6. The zero-order chi connectivity index (χ0) is 19.4. The average molecular weight is 384 g/mol. The fraction of sp³-hybridized carbons (Fsp3) is 0.211. The van der Waals surface area contributed by atoms with Gasteiger partial charge in [0.25, 0.3) is 0 Å². The number of nitrogens with zero attached hydrogens (tertiary/aromatic N) is 3. The first-order valence-corrected chi connectivity index (χ1v) is 8.75. The first kappa shape index (κ1) is 18.7. The Hall–Kier alpha value is -3.13. The molecule has 140 valence electrons. The van der Waals surface area contributed by atoms with Gasteiger partial charge in [0.1, 0.15) is 5.75 Å². The summed E-state index contributed by atoms with van der Waals surface area (Å²) in [6, 6.07) is 12.7. The minimum absolute atomic E-state index is 0.00708. The van der Waals surface area contributed by atoms with Crippen LogP contribution in [0.5, 0.6) is 17.2 Å². The van der Waals surface area contributed by atoms with E-state index < -0.39 is 0 Å². The van der Waals surface area contributed by atoms with Crippen molar-refractivity contribution in [1.29, 1.82) is 0 Å². The summed E-state index contributed by atoms with van der Waals surface area (Å²) in [6.45, 7) is 3.93. The number of benzene rings is 2. The maximum absolute atomic E-state index is 10.2. The summed E-state index contributed by atoms with van der Waals surface area (Å²) < 4.78 is 12.7. The zero-order valence-electron chi connectivity index (χ0n) is 15.2. The molecule has 1 heterocycles. The monoisotopic (exact) mass is 384 g/mol. The van der Waals surface area contributed by atoms with Gasteiger partial charge in [-0.2, -0.15) is 14.9 Å². The number of methoxy groups -OCH3 is 1. The van der Waals surface area contributed by atoms with E-state index >= 15 is 0 Å². The highest BCUT2D eigenvalue weighted by Crippen LogP contribution is 2.28. The van der Waals surface area contributed by atoms with Crippen molar-refractivity contribution in [2.24, 2.45) is 5.10 Å². The van der Waals surface area contributed by atoms with Crippen LogP contribution in [0.4, 0.5) is 0 Å². The van der Waals surface area contributed by atoms with E-state index in [1.807, 2.05) is 38.1 Å². The van der Waals surface area contributed by atoms with Crippen molar-refractivity contribution < 1.29 is 14.6 Å². The molecule has 3 rings (SSSR count). The second-order valence-corrected chi connectivity index (χ2v) is 6.39. The first-order chi connectivity index (χ1) is 13.0. The maximum Gasteiger partial charge on any atom is 0.216 e. The van der Waals surface area contributed by atoms with E-state index in [0.29, 0.717) is 21.9 Å². The molecule has 0 amide bonds. The third kappa shape index (κ3) is 4.17. The fourth-order valence-electron chi connectivity index (χ4n) is 2.49. The number of rotatable bonds is 6. The molecule has 0 aliphatic carbocycles. The normalized spacial score (nSPS) is 11.3. The number of ether oxygens (including phenoxy) is 2. The number of H-pyrrole nitrogens is 1. The summed E-state index contributed by atoms with van der Waals surface area (Å²) in [7, 11) is 1.49. The van der Waals surface area contributed by atoms with Gasteiger partial charge < -0.3 is 14.6 Å². The van der Waals surface area contributed by atoms with Gasteiger partial charge in [-0.1, -0.05) is 18.2 Å². The predicted octanol–water partition coefficient (Wildman–Crippen LogP) is 3.99. The molecule has 0 atom stereocenters. The van der Waals surface area contributed by atoms with Crippen LogP contribution in [0, 0.1) is 4.77 Å². The number of phenolic OH excluding ortho intramolecular Hbond substituents is 1. The topological polar surface area (TPSA) is 84.7 Å². The van der Waals surface area contributed by atoms with Crippen LogP contribution >= 0.6 is 12.2 Å². The molecule has 0 aliphatic heterocycles. The number of aromatic amines is 1. The lowest BCUT2D eigenvalue weighted by atomic mass is 10.2. The predicted molar refractivity (Wildman–Crippen MR) is 106 cm³/mol. The molecule has 8 heteroatoms. The van der Waals surface area contributed by atoms with E-state index in [1.165, 1.54) is 18.0 Å². The van der Waals surface area contributed by atoms with Crippen molar-refractivity contribution >= 4 is 18.4 Å². The highest BCUT2D eigenvalue weighted by atomic mass is 32.1. The molecule has 1 aromatic heterocycles. The number of hydrogen-bond acceptors (Lipinski definition) is 6. The SMILES string of the molecule is COc1cccc(C=Nn2c(-c3cccc(OC(C)C)c3)n[nH]c2=S)c1O. The van der Waals surface area contributed by atoms with E-state index in [4.69, 9.17) is 21.7 Å². The minimum atomic E-state index is 0.00708. The van der Waals surface area contributed by atoms with Crippen LogP contribution in [0.2, 0.25) is 0 Å². The van der Waals surface area contributed by atoms with Crippen LogP contribution < -0.4 is 9.47 Å². The number of aromatic hydroxyl groups is 1. The van der Waals surface area contributed by atoms with E-state index in [9.17, 15) is 5.11 Å². The third-order valence-electron chi connectivity index (χ3n) is 3.68. The van der Waals surface area contributed by atoms with Crippen molar-refractivity contribution in [3.63, 3.8) is 0 Å². The van der Waals surface area contributed by atoms with Crippen LogP contribution in [-0.4, -0.2) is 39.4 Å². The van der Waals surface area contributed by atoms with Crippen LogP contribution in [0.1, 0.15) is 19.4 Å². The van der Waals surface area contributed by atoms with Crippen LogP contribution in [-0.2, 0) is 0 Å². The van der Waals surface area contributed by atoms with E-state index in [2.05, 4.69) is 15.3 Å². The number of phenols is 1. The highest BCUT2D eigenvalue weighted by Gasteiger charge is 2.11. The maximum atomic E-state index is 10.2. The molecular weight excluding hydrogens is 364 g/mol. The van der Waals surface area contributed by atoms with E-state index in [-0.39, 0.29) is 11.9 Å². The van der Waals surface area contributed by atoms with Gasteiger partial charge in [-0.25, -0.2) is 5.10 Å². The van der Waals surface area contributed by atoms with Crippen LogP contribution in [0.15, 0.2) is 47.6 Å². The van der Waals surface area contributed by atoms with Crippen molar-refractivity contribution in [2.45, 2.75) is 20.0 Å². The molecule has 0 radical (unpaired) electrons. The Bertz CT molecular complexity index is 1020. The zero-order valence-corrected chi connectivity index (χ0v) is 16.0. The second-order valence-electron chi connectivity index (χ2n) is 6.00. The molecule has 2 N–H and O–H groups in total. The van der Waals surface area contributed by atoms with Gasteiger partial charge >= 0.3 is 0 Å². The van der Waals surface area contributed by atoms with Crippen LogP contribution in [0.25, 0.3) is 11.4 Å². The smallest absolute Gasteiger partial charge is 0.216 e. The lowest BCUT2D eigenvalue weighted by Crippen LogP contribution is -2.05. The van der Waals surface area contributed by atoms with Crippen molar-refractivity contribution in [3.05, 3.63) is 52.8 Å². The largest absolute Gasteiger partial charge is 0.504 e. The number of aromatic nitrogens is 3. The molecule has 27 heavy (non-hydrogen) atoms. The summed E-state index contributed by atoms with van der Waals surface area (Å²) in [6.07, 6.45) is 1.57. The number of nitrogens with one attached hydrogen (secondary N) is 1. The second kappa shape index (κ2) is 8.05. The quantitative estimate of drug-likeness (QED) is 0.496. The van der Waals surface area contributed by atoms with E-state index in [1.54, 1.807) is 18.2 Å². The number of para-hydroxylation sites is 1. The molecule has 0 bridgehead atoms. The Balaban J connectivity index is 1.98. The van der Waals surface area contributed by atoms with Crippen molar-refractivity contribution in [3.8, 4) is 28.6 Å². The molecule has 0 saturated carbocycles. The third-order valence-corrected chi connectivity index (χ3v) is 3.94. The Morgan fingerprint density at radius 2 is 2.04 bits per heavy atom. The first-order valence-electron chi connectivity index (χ1n) is 8.34. The molecule has 3 aromatic rings. The Morgan fingerprint density at radius 3 is 2.78 bits per heavy atom. The standard InChI is InChI=1S/C19H20N4O3S/c1-12(2)26-15-8-4-6-13(10-15)18-21-22-19(27)23(18)20-11-14-7-5-9-16(25-3)17(14)24/h4-12,24H,1-3H3,(H,22,27). The van der Waals surface area contributed by atoms with Gasteiger partial charge in [-0.3, -0.25) is 0 Å². The van der Waals surface area contributed by atoms with E-state index in [0.717, 1.165) is 11.3 Å². The van der Waals surface area contributed by atoms with Gasteiger partial charge in [0.05, 0.1) is 19.4 Å². The Morgan fingerprint density at radius 1 is 1.26 bits per heavy atom. The minimum Gasteiger partial charge on any atom is -0.504 e. The highest BCUT2D eigenvalue weighted by molar-refractivity contribution is 7.71. The lowest BCUT2D eigenvalue weighted by Gasteiger charge is -2.10. The fourth-order valence-corrected chi connectivity index (χ4v) is 2.67. The summed E-state index contributed by atoms with van der Waals surface area (Å²) in [4.78, 5) is 0. The molecule has 2 aromatic carbocycles. The van der Waals surface area contributed by atoms with Gasteiger partial charge in [-0.15, -0.1) is 0 Å². The Kier molecular flexibility index (Phi) is 5.56. The average Bonchev–Trinajstić information content (AvgIpc) is 3.01. The van der Waals surface area contributed by atoms with Crippen LogP contribution in [0.3, 0.4) is 0 Å². The lowest BCUT2D eigenvalue weighted by molar-refractivity contribution is 0.242.